The molecule has 6 heteroatoms. The molecule has 0 saturated heterocycles. The van der Waals surface area contributed by atoms with E-state index in [2.05, 4.69) is 4.74 Å². The standard InChI is InChI=1S/C8H5ClF2O3/c9-7-4(10)1-2-5(8(7)11)14-3-6(12)13/h1-2H,3H2,(H,12,13). The molecule has 0 aliphatic carbocycles. The zero-order valence-corrected chi connectivity index (χ0v) is 7.52. The summed E-state index contributed by atoms with van der Waals surface area (Å²) in [5, 5.41) is 7.52. The van der Waals surface area contributed by atoms with Crippen molar-refractivity contribution in [1.29, 1.82) is 0 Å². The molecule has 0 spiro atoms. The monoisotopic (exact) mass is 222 g/mol. The maximum atomic E-state index is 13.0. The lowest BCUT2D eigenvalue weighted by molar-refractivity contribution is -0.139. The van der Waals surface area contributed by atoms with E-state index in [1.165, 1.54) is 0 Å². The number of aliphatic carboxylic acids is 1. The lowest BCUT2D eigenvalue weighted by atomic mass is 10.3. The van der Waals surface area contributed by atoms with Gasteiger partial charge >= 0.3 is 5.97 Å². The maximum Gasteiger partial charge on any atom is 0.341 e. The van der Waals surface area contributed by atoms with Crippen LogP contribution < -0.4 is 4.74 Å². The third kappa shape index (κ3) is 2.32. The number of rotatable bonds is 3. The number of ether oxygens (including phenoxy) is 1. The molecule has 14 heavy (non-hydrogen) atoms. The van der Waals surface area contributed by atoms with Crippen molar-refractivity contribution in [3.05, 3.63) is 28.8 Å². The second kappa shape index (κ2) is 4.23. The highest BCUT2D eigenvalue weighted by Crippen LogP contribution is 2.26. The van der Waals surface area contributed by atoms with Gasteiger partial charge in [-0.3, -0.25) is 0 Å². The Morgan fingerprint density at radius 1 is 1.50 bits per heavy atom. The second-order valence-corrected chi connectivity index (χ2v) is 2.73. The van der Waals surface area contributed by atoms with Crippen LogP contribution in [0.15, 0.2) is 12.1 Å². The minimum atomic E-state index is -1.26. The highest BCUT2D eigenvalue weighted by Gasteiger charge is 2.13. The molecule has 76 valence electrons. The first kappa shape index (κ1) is 10.7. The van der Waals surface area contributed by atoms with Crippen LogP contribution in [0.3, 0.4) is 0 Å². The predicted octanol–water partition coefficient (Wildman–Crippen LogP) is 2.08. The Balaban J connectivity index is 2.88. The Hall–Kier alpha value is -1.36. The van der Waals surface area contributed by atoms with Gasteiger partial charge in [0.1, 0.15) is 10.8 Å². The summed E-state index contributed by atoms with van der Waals surface area (Å²) >= 11 is 5.22. The lowest BCUT2D eigenvalue weighted by Gasteiger charge is -2.05. The van der Waals surface area contributed by atoms with Gasteiger partial charge in [0.15, 0.2) is 18.2 Å². The summed E-state index contributed by atoms with van der Waals surface area (Å²) in [6, 6.07) is 1.86. The van der Waals surface area contributed by atoms with E-state index >= 15 is 0 Å². The largest absolute Gasteiger partial charge is 0.479 e. The third-order valence-corrected chi connectivity index (χ3v) is 1.70. The van der Waals surface area contributed by atoms with E-state index in [4.69, 9.17) is 16.7 Å². The van der Waals surface area contributed by atoms with E-state index < -0.39 is 29.2 Å². The van der Waals surface area contributed by atoms with Gasteiger partial charge in [-0.2, -0.15) is 0 Å². The van der Waals surface area contributed by atoms with Gasteiger partial charge in [-0.05, 0) is 12.1 Å². The van der Waals surface area contributed by atoms with Gasteiger partial charge in [0, 0.05) is 0 Å². The van der Waals surface area contributed by atoms with Crippen molar-refractivity contribution in [2.24, 2.45) is 0 Å². The molecule has 0 saturated carbocycles. The number of carboxylic acid groups (broad SMARTS) is 1. The number of carbonyl (C=O) groups is 1. The molecular formula is C8H5ClF2O3. The van der Waals surface area contributed by atoms with Crippen molar-refractivity contribution in [2.45, 2.75) is 0 Å². The molecule has 0 bridgehead atoms. The first-order chi connectivity index (χ1) is 6.52. The summed E-state index contributed by atoms with van der Waals surface area (Å²) in [5.74, 6) is -3.68. The highest BCUT2D eigenvalue weighted by molar-refractivity contribution is 6.31. The molecule has 1 N–H and O–H groups in total. The Kier molecular flexibility index (Phi) is 3.24. The topological polar surface area (TPSA) is 46.5 Å². The number of halogens is 3. The number of hydrogen-bond donors (Lipinski definition) is 1. The number of benzene rings is 1. The third-order valence-electron chi connectivity index (χ3n) is 1.35. The normalized spacial score (nSPS) is 9.93. The zero-order valence-electron chi connectivity index (χ0n) is 6.76. The molecule has 0 amide bonds. The number of hydrogen-bond acceptors (Lipinski definition) is 2. The summed E-state index contributed by atoms with van der Waals surface area (Å²) < 4.78 is 30.1. The minimum absolute atomic E-state index is 0.390. The van der Waals surface area contributed by atoms with Crippen LogP contribution in [0.25, 0.3) is 0 Å². The second-order valence-electron chi connectivity index (χ2n) is 2.36. The van der Waals surface area contributed by atoms with Crippen LogP contribution in [-0.2, 0) is 4.79 Å². The average Bonchev–Trinajstić information content (AvgIpc) is 2.13. The Bertz CT molecular complexity index is 368. The highest BCUT2D eigenvalue weighted by atomic mass is 35.5. The van der Waals surface area contributed by atoms with E-state index in [1.54, 1.807) is 0 Å². The van der Waals surface area contributed by atoms with Crippen LogP contribution in [0.2, 0.25) is 5.02 Å². The fourth-order valence-electron chi connectivity index (χ4n) is 0.759. The Morgan fingerprint density at radius 2 is 2.14 bits per heavy atom. The molecule has 0 aromatic heterocycles. The van der Waals surface area contributed by atoms with Crippen LogP contribution in [0, 0.1) is 11.6 Å². The Morgan fingerprint density at radius 3 is 2.71 bits per heavy atom. The SMILES string of the molecule is O=C(O)COc1ccc(F)c(Cl)c1F. The zero-order chi connectivity index (χ0) is 10.7. The summed E-state index contributed by atoms with van der Waals surface area (Å²) in [6.07, 6.45) is 0. The van der Waals surface area contributed by atoms with Gasteiger partial charge in [-0.1, -0.05) is 11.6 Å². The molecule has 0 aliphatic rings. The quantitative estimate of drug-likeness (QED) is 0.797. The molecule has 0 unspecified atom stereocenters. The van der Waals surface area contributed by atoms with E-state index in [-0.39, 0.29) is 5.75 Å². The molecule has 3 nitrogen and oxygen atoms in total. The fourth-order valence-corrected chi connectivity index (χ4v) is 0.915. The van der Waals surface area contributed by atoms with E-state index in [0.717, 1.165) is 12.1 Å². The maximum absolute atomic E-state index is 13.0. The number of carboxylic acids is 1. The molecular weight excluding hydrogens is 218 g/mol. The van der Waals surface area contributed by atoms with Crippen molar-refractivity contribution in [3.8, 4) is 5.75 Å². The van der Waals surface area contributed by atoms with Gasteiger partial charge in [-0.15, -0.1) is 0 Å². The van der Waals surface area contributed by atoms with Crippen molar-refractivity contribution < 1.29 is 23.4 Å². The van der Waals surface area contributed by atoms with Crippen molar-refractivity contribution >= 4 is 17.6 Å². The van der Waals surface area contributed by atoms with Crippen molar-refractivity contribution in [2.75, 3.05) is 6.61 Å². The predicted molar refractivity (Wildman–Crippen MR) is 44.5 cm³/mol. The van der Waals surface area contributed by atoms with Crippen molar-refractivity contribution in [1.82, 2.24) is 0 Å². The minimum Gasteiger partial charge on any atom is -0.479 e. The first-order valence-electron chi connectivity index (χ1n) is 3.50. The van der Waals surface area contributed by atoms with Gasteiger partial charge in [0.25, 0.3) is 0 Å². The molecule has 0 radical (unpaired) electrons. The molecule has 0 atom stereocenters. The summed E-state index contributed by atoms with van der Waals surface area (Å²) in [5.41, 5.74) is 0. The molecule has 0 aliphatic heterocycles. The average molecular weight is 223 g/mol. The van der Waals surface area contributed by atoms with Gasteiger partial charge in [0.2, 0.25) is 0 Å². The van der Waals surface area contributed by atoms with Gasteiger partial charge in [0.05, 0.1) is 0 Å². The Labute approximate surface area is 82.9 Å². The molecule has 1 aromatic carbocycles. The van der Waals surface area contributed by atoms with Crippen LogP contribution in [0.1, 0.15) is 0 Å². The van der Waals surface area contributed by atoms with Crippen LogP contribution in [0.4, 0.5) is 8.78 Å². The first-order valence-corrected chi connectivity index (χ1v) is 3.88. The van der Waals surface area contributed by atoms with Gasteiger partial charge in [-0.25, -0.2) is 13.6 Å². The van der Waals surface area contributed by atoms with Crippen LogP contribution >= 0.6 is 11.6 Å². The van der Waals surface area contributed by atoms with E-state index in [0.29, 0.717) is 0 Å². The molecule has 1 aromatic rings. The van der Waals surface area contributed by atoms with Crippen LogP contribution in [-0.4, -0.2) is 17.7 Å². The molecule has 0 fully saturated rings. The summed E-state index contributed by atoms with van der Waals surface area (Å²) in [4.78, 5) is 10.1. The molecule has 0 heterocycles. The van der Waals surface area contributed by atoms with E-state index in [9.17, 15) is 13.6 Å². The van der Waals surface area contributed by atoms with Gasteiger partial charge < -0.3 is 9.84 Å². The summed E-state index contributed by atoms with van der Waals surface area (Å²) in [7, 11) is 0. The lowest BCUT2D eigenvalue weighted by Crippen LogP contribution is -2.10. The smallest absolute Gasteiger partial charge is 0.341 e. The summed E-state index contributed by atoms with van der Waals surface area (Å²) in [6.45, 7) is -0.709. The fraction of sp³-hybridized carbons (Fsp3) is 0.125. The molecule has 1 rings (SSSR count). The van der Waals surface area contributed by atoms with E-state index in [1.807, 2.05) is 0 Å². The van der Waals surface area contributed by atoms with Crippen LogP contribution in [0.5, 0.6) is 5.75 Å². The van der Waals surface area contributed by atoms with Crippen molar-refractivity contribution in [3.63, 3.8) is 0 Å².